The molecule has 0 aromatic heterocycles. The molecule has 0 radical (unpaired) electrons. The Morgan fingerprint density at radius 3 is 2.42 bits per heavy atom. The van der Waals surface area contributed by atoms with Crippen molar-refractivity contribution in [3.63, 3.8) is 0 Å². The number of anilines is 3. The minimum absolute atomic E-state index is 0.127. The number of fused-ring (bicyclic) bond motifs is 1. The van der Waals surface area contributed by atoms with Gasteiger partial charge in [0.25, 0.3) is 5.91 Å². The molecule has 3 amide bonds. The standard InChI is InChI=1S/C27H27N3O3/c1-3-25(31)28-22-9-6-8-20(17-22)27(33)30-23-10-5-4-7-19(23)13-16-24(30)26(32)29-21-14-11-18(2)12-15-21/h4-12,14-15,17,24H,3,13,16H2,1-2H3,(H,28,31)(H,29,32). The van der Waals surface area contributed by atoms with Crippen molar-refractivity contribution in [3.05, 3.63) is 89.5 Å². The fourth-order valence-corrected chi connectivity index (χ4v) is 4.03. The molecule has 0 saturated heterocycles. The van der Waals surface area contributed by atoms with Crippen LogP contribution >= 0.6 is 0 Å². The van der Waals surface area contributed by atoms with Gasteiger partial charge in [-0.05, 0) is 61.7 Å². The lowest BCUT2D eigenvalue weighted by molar-refractivity contribution is -0.117. The van der Waals surface area contributed by atoms with Gasteiger partial charge in [-0.15, -0.1) is 0 Å². The van der Waals surface area contributed by atoms with Crippen LogP contribution in [0, 0.1) is 6.92 Å². The van der Waals surface area contributed by atoms with E-state index in [-0.39, 0.29) is 17.7 Å². The van der Waals surface area contributed by atoms with Gasteiger partial charge in [-0.25, -0.2) is 0 Å². The summed E-state index contributed by atoms with van der Waals surface area (Å²) in [5.41, 5.74) is 4.53. The normalized spacial score (nSPS) is 14.8. The average molecular weight is 442 g/mol. The summed E-state index contributed by atoms with van der Waals surface area (Å²) in [5.74, 6) is -0.630. The van der Waals surface area contributed by atoms with E-state index in [1.807, 2.05) is 55.5 Å². The van der Waals surface area contributed by atoms with Gasteiger partial charge >= 0.3 is 0 Å². The van der Waals surface area contributed by atoms with Crippen LogP contribution in [0.25, 0.3) is 0 Å². The second kappa shape index (κ2) is 9.69. The first-order valence-corrected chi connectivity index (χ1v) is 11.1. The van der Waals surface area contributed by atoms with E-state index < -0.39 is 6.04 Å². The van der Waals surface area contributed by atoms with Crippen LogP contribution in [0.5, 0.6) is 0 Å². The van der Waals surface area contributed by atoms with Crippen LogP contribution in [0.4, 0.5) is 17.1 Å². The molecular formula is C27H27N3O3. The third-order valence-electron chi connectivity index (χ3n) is 5.80. The molecule has 3 aromatic carbocycles. The molecule has 0 fully saturated rings. The highest BCUT2D eigenvalue weighted by Gasteiger charge is 2.36. The quantitative estimate of drug-likeness (QED) is 0.588. The number of nitrogens with zero attached hydrogens (tertiary/aromatic N) is 1. The molecule has 4 rings (SSSR count). The maximum atomic E-state index is 13.7. The number of carbonyl (C=O) groups is 3. The van der Waals surface area contributed by atoms with E-state index in [4.69, 9.17) is 0 Å². The minimum Gasteiger partial charge on any atom is -0.326 e. The first-order valence-electron chi connectivity index (χ1n) is 11.1. The zero-order valence-electron chi connectivity index (χ0n) is 18.8. The molecule has 1 atom stereocenters. The molecule has 6 nitrogen and oxygen atoms in total. The highest BCUT2D eigenvalue weighted by atomic mass is 16.2. The first-order chi connectivity index (χ1) is 16.0. The molecule has 2 N–H and O–H groups in total. The highest BCUT2D eigenvalue weighted by Crippen LogP contribution is 2.33. The van der Waals surface area contributed by atoms with Crippen molar-refractivity contribution in [1.29, 1.82) is 0 Å². The van der Waals surface area contributed by atoms with Gasteiger partial charge in [0.1, 0.15) is 6.04 Å². The van der Waals surface area contributed by atoms with Gasteiger partial charge in [-0.2, -0.15) is 0 Å². The van der Waals surface area contributed by atoms with Gasteiger partial charge in [0.05, 0.1) is 0 Å². The van der Waals surface area contributed by atoms with Crippen LogP contribution in [0.3, 0.4) is 0 Å². The lowest BCUT2D eigenvalue weighted by atomic mass is 9.94. The van der Waals surface area contributed by atoms with Gasteiger partial charge in [-0.3, -0.25) is 19.3 Å². The van der Waals surface area contributed by atoms with E-state index >= 15 is 0 Å². The van der Waals surface area contributed by atoms with Crippen molar-refractivity contribution < 1.29 is 14.4 Å². The Kier molecular flexibility index (Phi) is 6.54. The number of aryl methyl sites for hydroxylation is 2. The maximum Gasteiger partial charge on any atom is 0.259 e. The molecule has 6 heteroatoms. The highest BCUT2D eigenvalue weighted by molar-refractivity contribution is 6.13. The predicted octanol–water partition coefficient (Wildman–Crippen LogP) is 4.94. The molecule has 1 aliphatic rings. The summed E-state index contributed by atoms with van der Waals surface area (Å²) in [5, 5.41) is 5.75. The number of benzene rings is 3. The van der Waals surface area contributed by atoms with Crippen molar-refractivity contribution in [2.75, 3.05) is 15.5 Å². The summed E-state index contributed by atoms with van der Waals surface area (Å²) < 4.78 is 0. The summed E-state index contributed by atoms with van der Waals surface area (Å²) >= 11 is 0. The maximum absolute atomic E-state index is 13.7. The summed E-state index contributed by atoms with van der Waals surface area (Å²) in [6.07, 6.45) is 1.57. The Hall–Kier alpha value is -3.93. The molecule has 168 valence electrons. The van der Waals surface area contributed by atoms with E-state index in [1.54, 1.807) is 36.1 Å². The van der Waals surface area contributed by atoms with E-state index in [0.717, 1.165) is 16.8 Å². The van der Waals surface area contributed by atoms with Crippen LogP contribution in [0.2, 0.25) is 0 Å². The van der Waals surface area contributed by atoms with E-state index in [2.05, 4.69) is 10.6 Å². The van der Waals surface area contributed by atoms with Crippen molar-refractivity contribution in [2.45, 2.75) is 39.2 Å². The molecular weight excluding hydrogens is 414 g/mol. The number of nitrogens with one attached hydrogen (secondary N) is 2. The molecule has 1 heterocycles. The van der Waals surface area contributed by atoms with Crippen molar-refractivity contribution in [2.24, 2.45) is 0 Å². The molecule has 1 unspecified atom stereocenters. The van der Waals surface area contributed by atoms with E-state index in [9.17, 15) is 14.4 Å². The largest absolute Gasteiger partial charge is 0.326 e. The topological polar surface area (TPSA) is 78.5 Å². The molecule has 0 aliphatic carbocycles. The molecule has 0 spiro atoms. The molecule has 33 heavy (non-hydrogen) atoms. The van der Waals surface area contributed by atoms with Gasteiger partial charge in [0, 0.05) is 29.0 Å². The molecule has 0 bridgehead atoms. The summed E-state index contributed by atoms with van der Waals surface area (Å²) in [6, 6.07) is 21.4. The Labute approximate surface area is 193 Å². The zero-order chi connectivity index (χ0) is 23.4. The molecule has 3 aromatic rings. The monoisotopic (exact) mass is 441 g/mol. The number of amides is 3. The summed E-state index contributed by atoms with van der Waals surface area (Å²) in [7, 11) is 0. The van der Waals surface area contributed by atoms with Gasteiger partial charge in [-0.1, -0.05) is 48.9 Å². The van der Waals surface area contributed by atoms with E-state index in [0.29, 0.717) is 36.2 Å². The summed E-state index contributed by atoms with van der Waals surface area (Å²) in [4.78, 5) is 40.4. The van der Waals surface area contributed by atoms with Gasteiger partial charge in [0.2, 0.25) is 11.8 Å². The van der Waals surface area contributed by atoms with Gasteiger partial charge in [0.15, 0.2) is 0 Å². The van der Waals surface area contributed by atoms with Gasteiger partial charge < -0.3 is 10.6 Å². The van der Waals surface area contributed by atoms with E-state index in [1.165, 1.54) is 0 Å². The number of hydrogen-bond acceptors (Lipinski definition) is 3. The van der Waals surface area contributed by atoms with Crippen molar-refractivity contribution in [1.82, 2.24) is 0 Å². The fourth-order valence-electron chi connectivity index (χ4n) is 4.03. The third kappa shape index (κ3) is 4.95. The predicted molar refractivity (Wildman–Crippen MR) is 131 cm³/mol. The van der Waals surface area contributed by atoms with Crippen LogP contribution in [-0.4, -0.2) is 23.8 Å². The Morgan fingerprint density at radius 1 is 0.909 bits per heavy atom. The zero-order valence-corrected chi connectivity index (χ0v) is 18.8. The minimum atomic E-state index is -0.650. The molecule has 1 aliphatic heterocycles. The first kappa shape index (κ1) is 22.3. The number of hydrogen-bond donors (Lipinski definition) is 2. The number of para-hydroxylation sites is 1. The Bertz CT molecular complexity index is 1190. The van der Waals surface area contributed by atoms with Crippen LogP contribution < -0.4 is 15.5 Å². The Morgan fingerprint density at radius 2 is 1.67 bits per heavy atom. The van der Waals surface area contributed by atoms with Crippen LogP contribution in [0.15, 0.2) is 72.8 Å². The lowest BCUT2D eigenvalue weighted by Gasteiger charge is -2.36. The lowest BCUT2D eigenvalue weighted by Crippen LogP contribution is -2.50. The summed E-state index contributed by atoms with van der Waals surface area (Å²) in [6.45, 7) is 3.76. The second-order valence-corrected chi connectivity index (χ2v) is 8.20. The van der Waals surface area contributed by atoms with Crippen molar-refractivity contribution in [3.8, 4) is 0 Å². The van der Waals surface area contributed by atoms with Crippen LogP contribution in [-0.2, 0) is 16.0 Å². The SMILES string of the molecule is CCC(=O)Nc1cccc(C(=O)N2c3ccccc3CCC2C(=O)Nc2ccc(C)cc2)c1. The fraction of sp³-hybridized carbons (Fsp3) is 0.222. The third-order valence-corrected chi connectivity index (χ3v) is 5.80. The van der Waals surface area contributed by atoms with Crippen molar-refractivity contribution >= 4 is 34.8 Å². The smallest absolute Gasteiger partial charge is 0.259 e. The Balaban J connectivity index is 1.66. The van der Waals surface area contributed by atoms with Crippen LogP contribution in [0.1, 0.15) is 41.3 Å². The molecule has 0 saturated carbocycles. The number of carbonyl (C=O) groups excluding carboxylic acids is 3. The average Bonchev–Trinajstić information content (AvgIpc) is 2.84. The second-order valence-electron chi connectivity index (χ2n) is 8.20. The number of rotatable bonds is 5.